The van der Waals surface area contributed by atoms with Gasteiger partial charge in [-0.2, -0.15) is 0 Å². The van der Waals surface area contributed by atoms with Crippen molar-refractivity contribution in [3.8, 4) is 11.7 Å². The van der Waals surface area contributed by atoms with Gasteiger partial charge in [-0.1, -0.05) is 0 Å². The van der Waals surface area contributed by atoms with Crippen LogP contribution < -0.4 is 10.6 Å². The molecule has 0 aliphatic carbocycles. The van der Waals surface area contributed by atoms with E-state index in [4.69, 9.17) is 8.83 Å². The molecular weight excluding hydrogens is 329 g/mol. The Kier molecular flexibility index (Phi) is 9.56. The number of aromatic nitrogens is 1. The zero-order chi connectivity index (χ0) is 14.4. The lowest BCUT2D eigenvalue weighted by atomic mass is 10.2. The maximum absolute atomic E-state index is 11.8. The molecule has 8 heteroatoms. The van der Waals surface area contributed by atoms with Gasteiger partial charge in [-0.25, -0.2) is 4.98 Å². The number of hydrogen-bond acceptors (Lipinski definition) is 5. The third kappa shape index (κ3) is 5.71. The zero-order valence-corrected chi connectivity index (χ0v) is 14.2. The van der Waals surface area contributed by atoms with E-state index in [2.05, 4.69) is 15.6 Å². The first-order valence-electron chi connectivity index (χ1n) is 6.62. The van der Waals surface area contributed by atoms with Gasteiger partial charge in [-0.05, 0) is 39.1 Å². The Labute approximate surface area is 141 Å². The number of rotatable bonds is 7. The lowest BCUT2D eigenvalue weighted by Gasteiger charge is -2.03. The predicted molar refractivity (Wildman–Crippen MR) is 88.7 cm³/mol. The van der Waals surface area contributed by atoms with Crippen LogP contribution in [-0.4, -0.2) is 31.0 Å². The Hall–Kier alpha value is -1.50. The fraction of sp³-hybridized carbons (Fsp3) is 0.429. The van der Waals surface area contributed by atoms with Crippen molar-refractivity contribution in [1.29, 1.82) is 0 Å². The molecule has 0 fully saturated rings. The molecule has 2 aromatic heterocycles. The van der Waals surface area contributed by atoms with Crippen LogP contribution in [0.1, 0.15) is 17.9 Å². The molecule has 0 atom stereocenters. The van der Waals surface area contributed by atoms with Gasteiger partial charge < -0.3 is 19.5 Å². The van der Waals surface area contributed by atoms with E-state index in [1.807, 2.05) is 7.05 Å². The summed E-state index contributed by atoms with van der Waals surface area (Å²) in [6.45, 7) is 3.33. The summed E-state index contributed by atoms with van der Waals surface area (Å²) in [6.07, 6.45) is 2.68. The highest BCUT2D eigenvalue weighted by molar-refractivity contribution is 5.85. The Morgan fingerprint density at radius 1 is 1.32 bits per heavy atom. The molecule has 2 heterocycles. The average Bonchev–Trinajstić information content (AvgIpc) is 3.05. The maximum Gasteiger partial charge on any atom is 0.263 e. The molecule has 0 unspecified atom stereocenters. The molecular formula is C14H21Cl2N3O3. The normalized spacial score (nSPS) is 9.73. The van der Waals surface area contributed by atoms with E-state index in [9.17, 15) is 4.79 Å². The number of hydrogen-bond donors (Lipinski definition) is 2. The van der Waals surface area contributed by atoms with Gasteiger partial charge in [0, 0.05) is 6.54 Å². The van der Waals surface area contributed by atoms with Crippen LogP contribution in [0, 0.1) is 6.92 Å². The number of halogens is 2. The van der Waals surface area contributed by atoms with Gasteiger partial charge in [0.25, 0.3) is 5.89 Å². The van der Waals surface area contributed by atoms with Crippen LogP contribution in [-0.2, 0) is 11.2 Å². The minimum Gasteiger partial charge on any atom is -0.459 e. The van der Waals surface area contributed by atoms with Crippen molar-refractivity contribution >= 4 is 30.7 Å². The van der Waals surface area contributed by atoms with Crippen LogP contribution in [0.4, 0.5) is 0 Å². The van der Waals surface area contributed by atoms with Crippen molar-refractivity contribution < 1.29 is 13.6 Å². The molecule has 0 saturated heterocycles. The van der Waals surface area contributed by atoms with Crippen molar-refractivity contribution in [3.63, 3.8) is 0 Å². The topological polar surface area (TPSA) is 80.3 Å². The number of oxazole rings is 1. The molecule has 0 aromatic carbocycles. The SMILES string of the molecule is CNCCCNC(=O)Cc1nc(-c2ccco2)oc1C.Cl.Cl. The van der Waals surface area contributed by atoms with E-state index in [-0.39, 0.29) is 37.1 Å². The molecule has 2 rings (SSSR count). The average molecular weight is 350 g/mol. The minimum absolute atomic E-state index is 0. The lowest BCUT2D eigenvalue weighted by Crippen LogP contribution is -2.28. The molecule has 0 aliphatic heterocycles. The van der Waals surface area contributed by atoms with E-state index < -0.39 is 0 Å². The van der Waals surface area contributed by atoms with Crippen molar-refractivity contribution in [2.75, 3.05) is 20.1 Å². The van der Waals surface area contributed by atoms with E-state index in [0.717, 1.165) is 13.0 Å². The quantitative estimate of drug-likeness (QED) is 0.750. The standard InChI is InChI=1S/C14H19N3O3.2ClH/c1-10-11(9-13(18)16-7-4-6-15-2)17-14(20-10)12-5-3-8-19-12;;/h3,5,8,15H,4,6-7,9H2,1-2H3,(H,16,18);2*1H. The Bertz CT molecular complexity index is 556. The van der Waals surface area contributed by atoms with E-state index in [1.165, 1.54) is 0 Å². The molecule has 2 N–H and O–H groups in total. The summed E-state index contributed by atoms with van der Waals surface area (Å²) in [5, 5.41) is 5.88. The molecule has 2 aromatic rings. The van der Waals surface area contributed by atoms with Gasteiger partial charge in [-0.3, -0.25) is 4.79 Å². The number of aryl methyl sites for hydroxylation is 1. The van der Waals surface area contributed by atoms with Crippen LogP contribution in [0.5, 0.6) is 0 Å². The lowest BCUT2D eigenvalue weighted by molar-refractivity contribution is -0.120. The monoisotopic (exact) mass is 349 g/mol. The summed E-state index contributed by atoms with van der Waals surface area (Å²) < 4.78 is 10.7. The molecule has 6 nitrogen and oxygen atoms in total. The van der Waals surface area contributed by atoms with Gasteiger partial charge in [0.15, 0.2) is 5.76 Å². The Morgan fingerprint density at radius 2 is 2.09 bits per heavy atom. The third-order valence-electron chi connectivity index (χ3n) is 2.88. The third-order valence-corrected chi connectivity index (χ3v) is 2.88. The molecule has 22 heavy (non-hydrogen) atoms. The van der Waals surface area contributed by atoms with E-state index in [0.29, 0.717) is 29.6 Å². The second kappa shape index (κ2) is 10.3. The number of nitrogens with one attached hydrogen (secondary N) is 2. The maximum atomic E-state index is 11.8. The predicted octanol–water partition coefficient (Wildman–Crippen LogP) is 2.35. The van der Waals surface area contributed by atoms with Crippen LogP contribution in [0.3, 0.4) is 0 Å². The molecule has 0 radical (unpaired) electrons. The van der Waals surface area contributed by atoms with E-state index >= 15 is 0 Å². The van der Waals surface area contributed by atoms with Crippen LogP contribution in [0.2, 0.25) is 0 Å². The van der Waals surface area contributed by atoms with Gasteiger partial charge in [0.1, 0.15) is 5.76 Å². The first kappa shape index (κ1) is 20.5. The number of amides is 1. The summed E-state index contributed by atoms with van der Waals surface area (Å²) >= 11 is 0. The van der Waals surface area contributed by atoms with Crippen molar-refractivity contribution in [2.24, 2.45) is 0 Å². The first-order valence-corrected chi connectivity index (χ1v) is 6.62. The molecule has 124 valence electrons. The highest BCUT2D eigenvalue weighted by atomic mass is 35.5. The summed E-state index contributed by atoms with van der Waals surface area (Å²) in [6, 6.07) is 3.54. The number of carbonyl (C=O) groups excluding carboxylic acids is 1. The smallest absolute Gasteiger partial charge is 0.263 e. The molecule has 0 spiro atoms. The minimum atomic E-state index is -0.0523. The van der Waals surface area contributed by atoms with E-state index in [1.54, 1.807) is 25.3 Å². The summed E-state index contributed by atoms with van der Waals surface area (Å²) in [5.74, 6) is 1.56. The fourth-order valence-corrected chi connectivity index (χ4v) is 1.81. The second-order valence-corrected chi connectivity index (χ2v) is 4.48. The van der Waals surface area contributed by atoms with Gasteiger partial charge in [0.05, 0.1) is 18.4 Å². The Balaban J connectivity index is 0.00000220. The molecule has 0 bridgehead atoms. The van der Waals surface area contributed by atoms with Gasteiger partial charge >= 0.3 is 0 Å². The second-order valence-electron chi connectivity index (χ2n) is 4.48. The van der Waals surface area contributed by atoms with Crippen LogP contribution >= 0.6 is 24.8 Å². The highest BCUT2D eigenvalue weighted by Crippen LogP contribution is 2.22. The van der Waals surface area contributed by atoms with Crippen molar-refractivity contribution in [1.82, 2.24) is 15.6 Å². The molecule has 1 amide bonds. The van der Waals surface area contributed by atoms with Gasteiger partial charge in [-0.15, -0.1) is 24.8 Å². The van der Waals surface area contributed by atoms with Gasteiger partial charge in [0.2, 0.25) is 5.91 Å². The Morgan fingerprint density at radius 3 is 2.73 bits per heavy atom. The first-order chi connectivity index (χ1) is 9.70. The molecule has 0 saturated carbocycles. The van der Waals surface area contributed by atoms with Crippen LogP contribution in [0.15, 0.2) is 27.2 Å². The summed E-state index contributed by atoms with van der Waals surface area (Å²) in [7, 11) is 1.89. The molecule has 0 aliphatic rings. The summed E-state index contributed by atoms with van der Waals surface area (Å²) in [5.41, 5.74) is 0.641. The number of furan rings is 1. The summed E-state index contributed by atoms with van der Waals surface area (Å²) in [4.78, 5) is 16.1. The number of nitrogens with zero attached hydrogens (tertiary/aromatic N) is 1. The zero-order valence-electron chi connectivity index (χ0n) is 12.5. The number of carbonyl (C=O) groups is 1. The highest BCUT2D eigenvalue weighted by Gasteiger charge is 2.15. The van der Waals surface area contributed by atoms with Crippen molar-refractivity contribution in [2.45, 2.75) is 19.8 Å². The largest absolute Gasteiger partial charge is 0.459 e. The fourth-order valence-electron chi connectivity index (χ4n) is 1.81. The van der Waals surface area contributed by atoms with Crippen molar-refractivity contribution in [3.05, 3.63) is 29.9 Å². The van der Waals surface area contributed by atoms with Crippen LogP contribution in [0.25, 0.3) is 11.7 Å².